The summed E-state index contributed by atoms with van der Waals surface area (Å²) in [5.41, 5.74) is 0. The molecule has 1 amide bonds. The van der Waals surface area contributed by atoms with Crippen LogP contribution in [0.1, 0.15) is 6.92 Å². The van der Waals surface area contributed by atoms with Gasteiger partial charge in [0, 0.05) is 6.92 Å². The first-order valence-corrected chi connectivity index (χ1v) is 4.34. The van der Waals surface area contributed by atoms with Gasteiger partial charge in [0.1, 0.15) is 0 Å². The van der Waals surface area contributed by atoms with Crippen molar-refractivity contribution in [1.82, 2.24) is 5.32 Å². The van der Waals surface area contributed by atoms with Crippen LogP contribution in [0.25, 0.3) is 0 Å². The number of carboxylic acid groups (broad SMARTS) is 1. The third kappa shape index (κ3) is 2.90. The summed E-state index contributed by atoms with van der Waals surface area (Å²) < 4.78 is 0. The van der Waals surface area contributed by atoms with E-state index < -0.39 is 5.97 Å². The number of nitrogens with zero attached hydrogens (tertiary/aromatic N) is 1. The van der Waals surface area contributed by atoms with E-state index in [1.807, 2.05) is 0 Å². The van der Waals surface area contributed by atoms with Gasteiger partial charge in [0.2, 0.25) is 5.91 Å². The molecule has 0 aromatic heterocycles. The predicted molar refractivity (Wildman–Crippen MR) is 49.4 cm³/mol. The van der Waals surface area contributed by atoms with Crippen LogP contribution in [-0.2, 0) is 9.59 Å². The topological polar surface area (TPSA) is 78.8 Å². The number of amides is 1. The molecule has 0 spiro atoms. The fraction of sp³-hybridized carbons (Fsp3) is 0.286. The largest absolute Gasteiger partial charge is 0.477 e. The van der Waals surface area contributed by atoms with E-state index in [2.05, 4.69) is 10.3 Å². The van der Waals surface area contributed by atoms with Gasteiger partial charge in [0.15, 0.2) is 5.17 Å². The van der Waals surface area contributed by atoms with Crippen LogP contribution in [0.4, 0.5) is 0 Å². The number of aliphatic carboxylic acids is 1. The highest BCUT2D eigenvalue weighted by Crippen LogP contribution is 2.20. The number of rotatable bonds is 1. The molecule has 0 saturated carbocycles. The standard InChI is InChI=1S/C7H8N2O3S/c1-4(10)9-7-8-3-2-5(13-7)6(11)12/h2H,3H2,1H3,(H,11,12)(H,8,9,10). The Morgan fingerprint density at radius 2 is 2.38 bits per heavy atom. The minimum atomic E-state index is -0.997. The molecule has 1 aliphatic rings. The van der Waals surface area contributed by atoms with Gasteiger partial charge in [-0.2, -0.15) is 0 Å². The lowest BCUT2D eigenvalue weighted by atomic mass is 10.5. The van der Waals surface area contributed by atoms with Crippen LogP contribution in [-0.4, -0.2) is 28.7 Å². The summed E-state index contributed by atoms with van der Waals surface area (Å²) in [5.74, 6) is -1.25. The first kappa shape index (κ1) is 9.79. The molecule has 0 fully saturated rings. The van der Waals surface area contributed by atoms with E-state index in [9.17, 15) is 9.59 Å². The van der Waals surface area contributed by atoms with Crippen LogP contribution in [0.5, 0.6) is 0 Å². The molecule has 13 heavy (non-hydrogen) atoms. The van der Waals surface area contributed by atoms with Crippen molar-refractivity contribution in [1.29, 1.82) is 0 Å². The van der Waals surface area contributed by atoms with Crippen LogP contribution >= 0.6 is 11.8 Å². The Morgan fingerprint density at radius 3 is 2.92 bits per heavy atom. The summed E-state index contributed by atoms with van der Waals surface area (Å²) in [6.45, 7) is 1.64. The summed E-state index contributed by atoms with van der Waals surface area (Å²) in [4.78, 5) is 25.2. The Kier molecular flexibility index (Phi) is 3.07. The molecule has 0 unspecified atom stereocenters. The maximum Gasteiger partial charge on any atom is 0.342 e. The first-order valence-electron chi connectivity index (χ1n) is 3.53. The van der Waals surface area contributed by atoms with Gasteiger partial charge < -0.3 is 10.4 Å². The second-order valence-electron chi connectivity index (χ2n) is 2.30. The number of hydrogen-bond donors (Lipinski definition) is 2. The molecule has 0 aromatic carbocycles. The molecule has 70 valence electrons. The summed E-state index contributed by atoms with van der Waals surface area (Å²) in [6, 6.07) is 0. The highest BCUT2D eigenvalue weighted by Gasteiger charge is 2.15. The third-order valence-corrected chi connectivity index (χ3v) is 2.20. The summed E-state index contributed by atoms with van der Waals surface area (Å²) in [7, 11) is 0. The molecule has 1 aliphatic heterocycles. The number of hydrogen-bond acceptors (Lipinski definition) is 4. The minimum Gasteiger partial charge on any atom is -0.477 e. The number of carbonyl (C=O) groups excluding carboxylic acids is 1. The van der Waals surface area contributed by atoms with Crippen molar-refractivity contribution in [3.8, 4) is 0 Å². The van der Waals surface area contributed by atoms with E-state index in [-0.39, 0.29) is 10.8 Å². The average molecular weight is 200 g/mol. The lowest BCUT2D eigenvalue weighted by molar-refractivity contribution is -0.131. The molecular formula is C7H8N2O3S. The Balaban J connectivity index is 2.59. The van der Waals surface area contributed by atoms with Crippen LogP contribution < -0.4 is 5.32 Å². The molecule has 5 nitrogen and oxygen atoms in total. The van der Waals surface area contributed by atoms with Gasteiger partial charge in [0.25, 0.3) is 0 Å². The number of thioether (sulfide) groups is 1. The molecule has 0 aromatic rings. The van der Waals surface area contributed by atoms with Crippen LogP contribution in [0.2, 0.25) is 0 Å². The van der Waals surface area contributed by atoms with E-state index in [1.54, 1.807) is 0 Å². The molecule has 0 saturated heterocycles. The van der Waals surface area contributed by atoms with Crippen LogP contribution in [0, 0.1) is 0 Å². The molecule has 0 radical (unpaired) electrons. The van der Waals surface area contributed by atoms with E-state index in [4.69, 9.17) is 5.11 Å². The summed E-state index contributed by atoms with van der Waals surface area (Å²) >= 11 is 0.948. The lowest BCUT2D eigenvalue weighted by Crippen LogP contribution is -2.27. The molecule has 1 rings (SSSR count). The summed E-state index contributed by atoms with van der Waals surface area (Å²) in [5, 5.41) is 11.4. The number of nitrogens with one attached hydrogen (secondary N) is 1. The summed E-state index contributed by atoms with van der Waals surface area (Å²) in [6.07, 6.45) is 1.50. The zero-order chi connectivity index (χ0) is 9.84. The van der Waals surface area contributed by atoms with Crippen molar-refractivity contribution in [2.24, 2.45) is 4.99 Å². The number of amidine groups is 1. The minimum absolute atomic E-state index is 0.193. The second kappa shape index (κ2) is 4.08. The van der Waals surface area contributed by atoms with Crippen molar-refractivity contribution in [2.75, 3.05) is 6.54 Å². The normalized spacial score (nSPS) is 15.8. The number of carboxylic acids is 1. The van der Waals surface area contributed by atoms with Gasteiger partial charge in [-0.15, -0.1) is 0 Å². The molecule has 0 bridgehead atoms. The fourth-order valence-corrected chi connectivity index (χ4v) is 1.52. The van der Waals surface area contributed by atoms with Crippen molar-refractivity contribution in [3.63, 3.8) is 0 Å². The van der Waals surface area contributed by atoms with Gasteiger partial charge >= 0.3 is 5.97 Å². The van der Waals surface area contributed by atoms with Gasteiger partial charge in [-0.05, 0) is 17.8 Å². The first-order chi connectivity index (χ1) is 6.09. The van der Waals surface area contributed by atoms with Crippen LogP contribution in [0.15, 0.2) is 16.0 Å². The predicted octanol–water partition coefficient (Wildman–Crippen LogP) is 0.194. The molecule has 0 atom stereocenters. The zero-order valence-electron chi connectivity index (χ0n) is 6.90. The monoisotopic (exact) mass is 200 g/mol. The van der Waals surface area contributed by atoms with Crippen molar-refractivity contribution in [3.05, 3.63) is 11.0 Å². The Hall–Kier alpha value is -1.30. The Bertz CT molecular complexity index is 309. The van der Waals surface area contributed by atoms with Gasteiger partial charge in [-0.1, -0.05) is 0 Å². The van der Waals surface area contributed by atoms with E-state index in [1.165, 1.54) is 13.0 Å². The highest BCUT2D eigenvalue weighted by molar-refractivity contribution is 8.17. The lowest BCUT2D eigenvalue weighted by Gasteiger charge is -2.10. The molecular weight excluding hydrogens is 192 g/mol. The highest BCUT2D eigenvalue weighted by atomic mass is 32.2. The van der Waals surface area contributed by atoms with Crippen molar-refractivity contribution < 1.29 is 14.7 Å². The average Bonchev–Trinajstić information content (AvgIpc) is 2.03. The van der Waals surface area contributed by atoms with E-state index in [0.29, 0.717) is 11.7 Å². The Morgan fingerprint density at radius 1 is 1.69 bits per heavy atom. The molecule has 2 N–H and O–H groups in total. The SMILES string of the molecule is CC(=O)NC1=NCC=C(C(=O)O)S1. The smallest absolute Gasteiger partial charge is 0.342 e. The maximum absolute atomic E-state index is 10.6. The van der Waals surface area contributed by atoms with E-state index in [0.717, 1.165) is 11.8 Å². The van der Waals surface area contributed by atoms with E-state index >= 15 is 0 Å². The number of carbonyl (C=O) groups is 2. The molecule has 6 heteroatoms. The zero-order valence-corrected chi connectivity index (χ0v) is 7.72. The molecule has 1 heterocycles. The van der Waals surface area contributed by atoms with Crippen molar-refractivity contribution in [2.45, 2.75) is 6.92 Å². The second-order valence-corrected chi connectivity index (χ2v) is 3.33. The third-order valence-electron chi connectivity index (χ3n) is 1.21. The maximum atomic E-state index is 10.6. The van der Waals surface area contributed by atoms with Gasteiger partial charge in [-0.25, -0.2) is 4.79 Å². The van der Waals surface area contributed by atoms with Crippen molar-refractivity contribution >= 4 is 28.8 Å². The van der Waals surface area contributed by atoms with Gasteiger partial charge in [-0.3, -0.25) is 9.79 Å². The molecule has 0 aliphatic carbocycles. The quantitative estimate of drug-likeness (QED) is 0.633. The Labute approximate surface area is 78.9 Å². The van der Waals surface area contributed by atoms with Crippen LogP contribution in [0.3, 0.4) is 0 Å². The fourth-order valence-electron chi connectivity index (χ4n) is 0.736. The van der Waals surface area contributed by atoms with Gasteiger partial charge in [0.05, 0.1) is 11.4 Å². The number of aliphatic imine (C=N–C) groups is 1.